The van der Waals surface area contributed by atoms with Crippen LogP contribution in [0.1, 0.15) is 56.2 Å². The largest absolute Gasteiger partial charge is 0.497 e. The van der Waals surface area contributed by atoms with Crippen molar-refractivity contribution in [3.63, 3.8) is 0 Å². The quantitative estimate of drug-likeness (QED) is 0.0349. The average molecular weight is 1000 g/mol. The number of amides is 3. The molecule has 0 N–H and O–H groups in total. The van der Waals surface area contributed by atoms with E-state index < -0.39 is 67.9 Å². The van der Waals surface area contributed by atoms with Crippen molar-refractivity contribution in [3.05, 3.63) is 104 Å². The third kappa shape index (κ3) is 12.8. The average Bonchev–Trinajstić information content (AvgIpc) is 4.13. The number of carbonyl (C=O) groups excluding carboxylic acids is 3. The Hall–Kier alpha value is -5.37. The van der Waals surface area contributed by atoms with Gasteiger partial charge in [0.2, 0.25) is 9.61 Å². The molecule has 0 spiro atoms. The fourth-order valence-electron chi connectivity index (χ4n) is 7.79. The number of rotatable bonds is 20. The van der Waals surface area contributed by atoms with E-state index in [1.165, 1.54) is 37.9 Å². The van der Waals surface area contributed by atoms with E-state index >= 15 is 4.79 Å². The number of hydrogen-bond donors (Lipinski definition) is 0. The summed E-state index contributed by atoms with van der Waals surface area (Å²) in [5, 5.41) is 9.49. The van der Waals surface area contributed by atoms with Crippen LogP contribution in [0, 0.1) is 27.6 Å². The van der Waals surface area contributed by atoms with Crippen LogP contribution in [0.15, 0.2) is 60.2 Å². The van der Waals surface area contributed by atoms with Gasteiger partial charge in [-0.2, -0.15) is 4.39 Å². The van der Waals surface area contributed by atoms with Crippen molar-refractivity contribution < 1.29 is 65.9 Å². The monoisotopic (exact) mass is 1000 g/mol. The lowest BCUT2D eigenvalue weighted by atomic mass is 9.81. The molecular weight excluding hydrogens is 952 g/mol. The summed E-state index contributed by atoms with van der Waals surface area (Å²) >= 11 is 18.8. The number of nitrogens with zero attached hydrogens (tertiary/aromatic N) is 4. The molecule has 2 aliphatic heterocycles. The summed E-state index contributed by atoms with van der Waals surface area (Å²) in [7, 11) is 3.04. The van der Waals surface area contributed by atoms with Crippen LogP contribution in [0.25, 0.3) is 5.57 Å². The van der Waals surface area contributed by atoms with Gasteiger partial charge in [0.25, 0.3) is 11.0 Å². The van der Waals surface area contributed by atoms with Gasteiger partial charge in [-0.05, 0) is 92.5 Å². The molecule has 3 aromatic rings. The zero-order valence-corrected chi connectivity index (χ0v) is 39.3. The van der Waals surface area contributed by atoms with Crippen molar-refractivity contribution in [1.82, 2.24) is 14.7 Å². The first kappa shape index (κ1) is 51.0. The number of ether oxygens (including phenoxy) is 6. The van der Waals surface area contributed by atoms with Crippen molar-refractivity contribution in [3.8, 4) is 17.2 Å². The molecule has 1 aliphatic carbocycles. The van der Waals surface area contributed by atoms with E-state index in [2.05, 4.69) is 4.84 Å². The highest BCUT2D eigenvalue weighted by Gasteiger charge is 2.52. The minimum Gasteiger partial charge on any atom is -0.497 e. The molecule has 364 valence electrons. The van der Waals surface area contributed by atoms with E-state index in [-0.39, 0.29) is 70.7 Å². The van der Waals surface area contributed by atoms with Crippen LogP contribution in [-0.4, -0.2) is 126 Å². The van der Waals surface area contributed by atoms with Crippen LogP contribution in [0.4, 0.5) is 22.8 Å². The number of fused-ring (bicyclic) bond motifs is 2. The maximum atomic E-state index is 15.5. The minimum atomic E-state index is -2.05. The van der Waals surface area contributed by atoms with E-state index in [0.29, 0.717) is 59.9 Å². The highest BCUT2D eigenvalue weighted by molar-refractivity contribution is 6.68. The number of carbonyl (C=O) groups is 3. The number of hydrogen-bond acceptors (Lipinski definition) is 12. The summed E-state index contributed by atoms with van der Waals surface area (Å²) in [6, 6.07) is 12.0. The van der Waals surface area contributed by atoms with Crippen LogP contribution >= 0.6 is 34.8 Å². The second kappa shape index (κ2) is 22.2. The molecule has 3 aliphatic rings. The summed E-state index contributed by atoms with van der Waals surface area (Å²) < 4.78 is 72.9. The van der Waals surface area contributed by atoms with Gasteiger partial charge in [-0.15, -0.1) is 10.1 Å². The Balaban J connectivity index is 1.34. The van der Waals surface area contributed by atoms with E-state index in [9.17, 15) is 32.9 Å². The molecule has 0 radical (unpaired) electrons. The number of benzene rings is 3. The number of alkyl halides is 3. The van der Waals surface area contributed by atoms with Crippen molar-refractivity contribution in [2.45, 2.75) is 80.0 Å². The second-order valence-corrected chi connectivity index (χ2v) is 18.7. The summed E-state index contributed by atoms with van der Waals surface area (Å²) in [6.07, 6.45) is 0.578. The lowest BCUT2D eigenvalue weighted by Gasteiger charge is -2.51. The molecule has 2 atom stereocenters. The molecule has 2 heterocycles. The Labute approximate surface area is 399 Å². The van der Waals surface area contributed by atoms with Crippen LogP contribution in [0.5, 0.6) is 17.2 Å². The summed E-state index contributed by atoms with van der Waals surface area (Å²) in [5.41, 5.74) is 1.38. The second-order valence-electron chi connectivity index (χ2n) is 16.4. The van der Waals surface area contributed by atoms with E-state index in [1.54, 1.807) is 23.1 Å². The van der Waals surface area contributed by atoms with Gasteiger partial charge in [0.1, 0.15) is 24.7 Å². The number of aryl methyl sites for hydroxylation is 1. The normalized spacial score (nSPS) is 17.2. The van der Waals surface area contributed by atoms with Gasteiger partial charge in [0, 0.05) is 37.3 Å². The topological polar surface area (TPSA) is 169 Å². The molecule has 6 rings (SSSR count). The Morgan fingerprint density at radius 1 is 0.851 bits per heavy atom. The summed E-state index contributed by atoms with van der Waals surface area (Å²) in [5.74, 6) is -3.82. The Kier molecular flexibility index (Phi) is 16.9. The van der Waals surface area contributed by atoms with Crippen LogP contribution in [0.3, 0.4) is 0 Å². The lowest BCUT2D eigenvalue weighted by molar-refractivity contribution is -0.758. The van der Waals surface area contributed by atoms with Gasteiger partial charge in [0.05, 0.1) is 46.1 Å². The van der Waals surface area contributed by atoms with Gasteiger partial charge < -0.3 is 43.1 Å². The van der Waals surface area contributed by atoms with E-state index in [1.807, 2.05) is 24.3 Å². The molecular formula is C45H50Cl3F3N4O12. The zero-order chi connectivity index (χ0) is 48.6. The smallest absolute Gasteiger partial charge is 0.411 e. The van der Waals surface area contributed by atoms with Crippen molar-refractivity contribution in [2.24, 2.45) is 0 Å². The molecule has 3 amide bonds. The molecule has 16 nitrogen and oxygen atoms in total. The molecule has 0 aromatic heterocycles. The SMILES string of the molecule is COc1cc(CN(C(=O)C2=C(c3ccc(CCCOc4c(F)ccc(F)c4F)cc3)CC3CN(C(=O)OCCOCCO[N+](=O)[O-])CC2N3C(=O)OC(C)(C)C(Cl)(Cl)Cl)C2CC2)cc(OC)c1. The predicted molar refractivity (Wildman–Crippen MR) is 238 cm³/mol. The zero-order valence-electron chi connectivity index (χ0n) is 37.1. The van der Waals surface area contributed by atoms with E-state index in [0.717, 1.165) is 11.6 Å². The molecule has 67 heavy (non-hydrogen) atoms. The highest BCUT2D eigenvalue weighted by atomic mass is 35.6. The first-order chi connectivity index (χ1) is 31.8. The molecule has 2 unspecified atom stereocenters. The summed E-state index contributed by atoms with van der Waals surface area (Å²) in [6.45, 7) is 1.89. The maximum Gasteiger partial charge on any atom is 0.411 e. The molecule has 1 saturated carbocycles. The lowest BCUT2D eigenvalue weighted by Crippen LogP contribution is -2.66. The molecule has 1 saturated heterocycles. The third-order valence-corrected chi connectivity index (χ3v) is 12.8. The minimum absolute atomic E-state index is 0.0539. The van der Waals surface area contributed by atoms with Crippen molar-refractivity contribution in [2.75, 3.05) is 60.3 Å². The fraction of sp³-hybridized carbons (Fsp3) is 0.489. The number of piperazine rings is 1. The van der Waals surface area contributed by atoms with Gasteiger partial charge in [-0.3, -0.25) is 9.69 Å². The third-order valence-electron chi connectivity index (χ3n) is 11.4. The molecule has 2 bridgehead atoms. The maximum absolute atomic E-state index is 15.5. The standard InChI is InChI=1S/C45H50Cl3F3N4O12/c1-44(2,45(46,47)48)67-43(58)54-31-22-34(29-9-7-27(8-10-29)6-5-15-64-40-36(50)14-13-35(49)39(40)51)38(37(54)26-52(25-31)42(57)65-18-16-63-17-19-66-55(59)60)41(56)53(30-11-12-30)24-28-20-32(61-3)23-33(21-28)62-4/h7-10,13-14,20-21,23,30-31,37H,5-6,11-12,15-19,22,24-26H2,1-4H3. The van der Waals surface area contributed by atoms with Crippen LogP contribution < -0.4 is 14.2 Å². The van der Waals surface area contributed by atoms with E-state index in [4.69, 9.17) is 63.2 Å². The number of halogens is 6. The fourth-order valence-corrected chi connectivity index (χ4v) is 7.90. The first-order valence-corrected chi connectivity index (χ1v) is 22.4. The Morgan fingerprint density at radius 3 is 2.13 bits per heavy atom. The Bertz CT molecular complexity index is 2290. The molecule has 3 aromatic carbocycles. The first-order valence-electron chi connectivity index (χ1n) is 21.3. The molecule has 2 fully saturated rings. The highest BCUT2D eigenvalue weighted by Crippen LogP contribution is 2.45. The van der Waals surface area contributed by atoms with Crippen molar-refractivity contribution in [1.29, 1.82) is 0 Å². The van der Waals surface area contributed by atoms with Crippen LogP contribution in [-0.2, 0) is 36.8 Å². The molecule has 22 heteroatoms. The van der Waals surface area contributed by atoms with Gasteiger partial charge in [-0.25, -0.2) is 18.4 Å². The Morgan fingerprint density at radius 2 is 1.51 bits per heavy atom. The number of methoxy groups -OCH3 is 2. The van der Waals surface area contributed by atoms with Crippen molar-refractivity contribution >= 4 is 58.5 Å². The predicted octanol–water partition coefficient (Wildman–Crippen LogP) is 8.48. The summed E-state index contributed by atoms with van der Waals surface area (Å²) in [4.78, 5) is 62.9. The van der Waals surface area contributed by atoms with Crippen LogP contribution in [0.2, 0.25) is 0 Å². The van der Waals surface area contributed by atoms with Gasteiger partial charge in [0.15, 0.2) is 23.0 Å². The van der Waals surface area contributed by atoms with Gasteiger partial charge >= 0.3 is 12.2 Å². The van der Waals surface area contributed by atoms with Gasteiger partial charge in [-0.1, -0.05) is 59.1 Å².